The fourth-order valence-electron chi connectivity index (χ4n) is 1.80. The third-order valence-electron chi connectivity index (χ3n) is 2.76. The van der Waals surface area contributed by atoms with Gasteiger partial charge in [-0.1, -0.05) is 41.5 Å². The fourth-order valence-corrected chi connectivity index (χ4v) is 2.30. The van der Waals surface area contributed by atoms with Gasteiger partial charge in [0.1, 0.15) is 6.04 Å². The number of benzene rings is 1. The van der Waals surface area contributed by atoms with Gasteiger partial charge in [0.2, 0.25) is 5.91 Å². The third kappa shape index (κ3) is 8.94. The molecule has 0 bridgehead atoms. The lowest BCUT2D eigenvalue weighted by Crippen LogP contribution is -2.37. The molecule has 0 saturated carbocycles. The first-order chi connectivity index (χ1) is 10.8. The van der Waals surface area contributed by atoms with Crippen LogP contribution in [0.25, 0.3) is 0 Å². The van der Waals surface area contributed by atoms with E-state index in [1.54, 1.807) is 6.92 Å². The van der Waals surface area contributed by atoms with E-state index in [1.165, 1.54) is 0 Å². The number of nitrogens with one attached hydrogen (secondary N) is 1. The van der Waals surface area contributed by atoms with Gasteiger partial charge in [-0.25, -0.2) is 0 Å². The lowest BCUT2D eigenvalue weighted by molar-refractivity contribution is -0.143. The number of amides is 1. The quantitative estimate of drug-likeness (QED) is 0.641. The molecule has 23 heavy (non-hydrogen) atoms. The predicted molar refractivity (Wildman–Crippen MR) is 96.5 cm³/mol. The monoisotopic (exact) mass is 335 g/mol. The maximum atomic E-state index is 12.2. The van der Waals surface area contributed by atoms with E-state index in [0.717, 1.165) is 5.56 Å². The van der Waals surface area contributed by atoms with Gasteiger partial charge < -0.3 is 10.1 Å². The summed E-state index contributed by atoms with van der Waals surface area (Å²) in [6.45, 7) is 2.08. The van der Waals surface area contributed by atoms with Crippen molar-refractivity contribution in [2.45, 2.75) is 25.8 Å². The first kappa shape index (κ1) is 19.1. The average molecular weight is 335 g/mol. The molecule has 0 unspecified atom stereocenters. The minimum Gasteiger partial charge on any atom is -0.466 e. The second-order valence-corrected chi connectivity index (χ2v) is 9.75. The number of esters is 1. The SMILES string of the molecule is CCOC(=O)C[C@H](C#CS(C)(C)C)NC(=O)Cc1ccccc1. The molecule has 1 N–H and O–H groups in total. The van der Waals surface area contributed by atoms with Crippen LogP contribution in [0, 0.1) is 11.2 Å². The molecule has 126 valence electrons. The van der Waals surface area contributed by atoms with Gasteiger partial charge in [0.05, 0.1) is 19.4 Å². The highest BCUT2D eigenvalue weighted by Gasteiger charge is 2.16. The summed E-state index contributed by atoms with van der Waals surface area (Å²) in [6, 6.07) is 8.96. The van der Waals surface area contributed by atoms with Gasteiger partial charge >= 0.3 is 5.97 Å². The summed E-state index contributed by atoms with van der Waals surface area (Å²) in [5.74, 6) is 2.52. The lowest BCUT2D eigenvalue weighted by Gasteiger charge is -2.17. The first-order valence-corrected chi connectivity index (χ1v) is 10.4. The van der Waals surface area contributed by atoms with Crippen LogP contribution in [0.4, 0.5) is 0 Å². The maximum Gasteiger partial charge on any atom is 0.308 e. The Labute approximate surface area is 140 Å². The van der Waals surface area contributed by atoms with E-state index in [-0.39, 0.29) is 24.7 Å². The molecule has 4 nitrogen and oxygen atoms in total. The van der Waals surface area contributed by atoms with Gasteiger partial charge in [0.25, 0.3) is 0 Å². The molecule has 0 spiro atoms. The van der Waals surface area contributed by atoms with Gasteiger partial charge in [0.15, 0.2) is 0 Å². The van der Waals surface area contributed by atoms with Crippen molar-refractivity contribution in [3.8, 4) is 11.2 Å². The summed E-state index contributed by atoms with van der Waals surface area (Å²) >= 11 is 0. The lowest BCUT2D eigenvalue weighted by atomic mass is 10.1. The molecule has 0 radical (unpaired) electrons. The fraction of sp³-hybridized carbons (Fsp3) is 0.444. The molecule has 1 atom stereocenters. The van der Waals surface area contributed by atoms with Gasteiger partial charge in [0, 0.05) is 0 Å². The molecule has 1 rings (SSSR count). The first-order valence-electron chi connectivity index (χ1n) is 7.49. The summed E-state index contributed by atoms with van der Waals surface area (Å²) < 4.78 is 4.95. The van der Waals surface area contributed by atoms with Crippen molar-refractivity contribution < 1.29 is 14.3 Å². The van der Waals surface area contributed by atoms with E-state index in [2.05, 4.69) is 35.3 Å². The largest absolute Gasteiger partial charge is 0.466 e. The van der Waals surface area contributed by atoms with Crippen molar-refractivity contribution >= 4 is 21.9 Å². The van der Waals surface area contributed by atoms with Crippen LogP contribution in [0.15, 0.2) is 30.3 Å². The zero-order chi connectivity index (χ0) is 17.3. The van der Waals surface area contributed by atoms with E-state index in [4.69, 9.17) is 4.74 Å². The van der Waals surface area contributed by atoms with Crippen molar-refractivity contribution in [3.63, 3.8) is 0 Å². The van der Waals surface area contributed by atoms with Crippen molar-refractivity contribution in [2.24, 2.45) is 0 Å². The zero-order valence-electron chi connectivity index (χ0n) is 14.2. The molecule has 5 heteroatoms. The molecule has 0 aromatic heterocycles. The van der Waals surface area contributed by atoms with Crippen molar-refractivity contribution in [3.05, 3.63) is 35.9 Å². The second-order valence-electron chi connectivity index (χ2n) is 5.88. The number of carbonyl (C=O) groups excluding carboxylic acids is 2. The number of ether oxygens (including phenoxy) is 1. The standard InChI is InChI=1S/C18H25NO3S/c1-5-22-18(21)14-16(11-12-23(2,3)4)19-17(20)13-15-9-7-6-8-10-15/h6-10,16H,5,13-14H2,1-4H3,(H,19,20)/t16-/m0/s1. The van der Waals surface area contributed by atoms with E-state index < -0.39 is 16.1 Å². The Bertz CT molecular complexity index is 582. The predicted octanol–water partition coefficient (Wildman–Crippen LogP) is 2.32. The van der Waals surface area contributed by atoms with Crippen LogP contribution >= 0.6 is 10.0 Å². The van der Waals surface area contributed by atoms with Gasteiger partial charge in [-0.05, 0) is 31.3 Å². The summed E-state index contributed by atoms with van der Waals surface area (Å²) in [4.78, 5) is 23.8. The van der Waals surface area contributed by atoms with E-state index in [9.17, 15) is 9.59 Å². The Morgan fingerprint density at radius 2 is 1.87 bits per heavy atom. The highest BCUT2D eigenvalue weighted by Crippen LogP contribution is 2.32. The Kier molecular flexibility index (Phi) is 7.70. The molecule has 1 amide bonds. The van der Waals surface area contributed by atoms with E-state index in [0.29, 0.717) is 6.61 Å². The zero-order valence-corrected chi connectivity index (χ0v) is 15.0. The molecule has 0 saturated heterocycles. The van der Waals surface area contributed by atoms with Crippen LogP contribution in [-0.4, -0.2) is 43.3 Å². The molecule has 0 heterocycles. The molecule has 1 aromatic rings. The smallest absolute Gasteiger partial charge is 0.308 e. The number of hydrogen-bond donors (Lipinski definition) is 1. The Balaban J connectivity index is 2.72. The third-order valence-corrected chi connectivity index (χ3v) is 3.49. The van der Waals surface area contributed by atoms with Crippen LogP contribution in [0.3, 0.4) is 0 Å². The number of rotatable bonds is 6. The van der Waals surface area contributed by atoms with Crippen molar-refractivity contribution in [2.75, 3.05) is 25.4 Å². The normalized spacial score (nSPS) is 12.5. The van der Waals surface area contributed by atoms with Gasteiger partial charge in [-0.2, -0.15) is 10.0 Å². The summed E-state index contributed by atoms with van der Waals surface area (Å²) in [6.07, 6.45) is 6.52. The minimum absolute atomic E-state index is 0.0664. The average Bonchev–Trinajstić information content (AvgIpc) is 2.45. The molecular weight excluding hydrogens is 310 g/mol. The Morgan fingerprint density at radius 3 is 2.43 bits per heavy atom. The van der Waals surface area contributed by atoms with Crippen molar-refractivity contribution in [1.29, 1.82) is 0 Å². The van der Waals surface area contributed by atoms with Crippen LogP contribution in [0.2, 0.25) is 0 Å². The van der Waals surface area contributed by atoms with Crippen LogP contribution in [0.5, 0.6) is 0 Å². The maximum absolute atomic E-state index is 12.2. The molecular formula is C18H25NO3S. The molecule has 1 aromatic carbocycles. The topological polar surface area (TPSA) is 55.4 Å². The number of carbonyl (C=O) groups is 2. The van der Waals surface area contributed by atoms with E-state index in [1.807, 2.05) is 30.3 Å². The summed E-state index contributed by atoms with van der Waals surface area (Å²) in [5, 5.41) is 5.98. The van der Waals surface area contributed by atoms with Crippen LogP contribution in [0.1, 0.15) is 18.9 Å². The van der Waals surface area contributed by atoms with Gasteiger partial charge in [-0.3, -0.25) is 9.59 Å². The number of hydrogen-bond acceptors (Lipinski definition) is 3. The summed E-state index contributed by atoms with van der Waals surface area (Å²) in [7, 11) is -1.03. The van der Waals surface area contributed by atoms with Crippen LogP contribution < -0.4 is 5.32 Å². The summed E-state index contributed by atoms with van der Waals surface area (Å²) in [5.41, 5.74) is 0.925. The molecule has 0 aliphatic carbocycles. The Hall–Kier alpha value is -1.93. The Morgan fingerprint density at radius 1 is 1.22 bits per heavy atom. The van der Waals surface area contributed by atoms with Gasteiger partial charge in [-0.15, -0.1) is 0 Å². The highest BCUT2D eigenvalue weighted by molar-refractivity contribution is 8.35. The molecule has 0 aliphatic rings. The minimum atomic E-state index is -1.03. The highest BCUT2D eigenvalue weighted by atomic mass is 32.3. The second kappa shape index (κ2) is 9.26. The molecule has 0 fully saturated rings. The van der Waals surface area contributed by atoms with Crippen LogP contribution in [-0.2, 0) is 20.7 Å². The molecule has 0 aliphatic heterocycles. The van der Waals surface area contributed by atoms with Crippen molar-refractivity contribution in [1.82, 2.24) is 5.32 Å². The van der Waals surface area contributed by atoms with E-state index >= 15 is 0 Å².